The van der Waals surface area contributed by atoms with Crippen molar-refractivity contribution in [3.8, 4) is 17.0 Å². The van der Waals surface area contributed by atoms with Crippen LogP contribution < -0.4 is 20.3 Å². The summed E-state index contributed by atoms with van der Waals surface area (Å²) in [5.74, 6) is 0.280. The maximum Gasteiger partial charge on any atom is 0.387 e. The Morgan fingerprint density at radius 3 is 2.38 bits per heavy atom. The molecule has 0 saturated carbocycles. The van der Waals surface area contributed by atoms with Crippen LogP contribution in [0.1, 0.15) is 0 Å². The minimum absolute atomic E-state index is 0.165. The number of alkyl halides is 4. The number of nitrogens with two attached hydrogens (primary N) is 1. The number of nitrogen functional groups attached to an aromatic ring is 1. The molecule has 3 aliphatic heterocycles. The highest BCUT2D eigenvalue weighted by atomic mass is 19.3. The molecule has 9 nitrogen and oxygen atoms in total. The molecule has 34 heavy (non-hydrogen) atoms. The minimum Gasteiger partial charge on any atom is -0.431 e. The maximum absolute atomic E-state index is 13.9. The lowest BCUT2D eigenvalue weighted by atomic mass is 10.1. The molecule has 0 spiro atoms. The molecule has 3 saturated heterocycles. The van der Waals surface area contributed by atoms with E-state index in [0.29, 0.717) is 36.3 Å². The van der Waals surface area contributed by atoms with E-state index in [9.17, 15) is 17.6 Å². The summed E-state index contributed by atoms with van der Waals surface area (Å²) in [6.45, 7) is 1.20. The Kier molecular flexibility index (Phi) is 6.30. The Morgan fingerprint density at radius 2 is 1.71 bits per heavy atom. The highest BCUT2D eigenvalue weighted by molar-refractivity contribution is 5.68. The lowest BCUT2D eigenvalue weighted by Gasteiger charge is -2.47. The SMILES string of the molecule is Nc1ncc(-c2cc(N3CC(N4CCOCC4)C3)nc(N3CC(F)C(F)C3)n2)cc1OC(F)F. The summed E-state index contributed by atoms with van der Waals surface area (Å²) in [6, 6.07) is 3.37. The Balaban J connectivity index is 1.44. The largest absolute Gasteiger partial charge is 0.431 e. The standard InChI is InChI=1S/C21H25F4N7O2/c22-14-10-32(11-15(14)23)21-28-16(12-5-17(34-20(24)25)19(26)27-7-12)6-18(29-21)31-8-13(9-31)30-1-3-33-4-2-30/h5-7,13-15,20H,1-4,8-11H2,(H2,26,27). The number of anilines is 3. The molecule has 2 atom stereocenters. The van der Waals surface area contributed by atoms with Gasteiger partial charge < -0.3 is 25.0 Å². The number of hydrogen-bond acceptors (Lipinski definition) is 9. The van der Waals surface area contributed by atoms with Crippen molar-refractivity contribution in [2.24, 2.45) is 0 Å². The van der Waals surface area contributed by atoms with Gasteiger partial charge in [-0.1, -0.05) is 0 Å². The fourth-order valence-electron chi connectivity index (χ4n) is 4.36. The van der Waals surface area contributed by atoms with Gasteiger partial charge in [-0.25, -0.2) is 18.7 Å². The molecule has 0 bridgehead atoms. The molecule has 3 aliphatic rings. The Hall–Kier alpha value is -2.93. The van der Waals surface area contributed by atoms with Gasteiger partial charge in [0, 0.05) is 50.0 Å². The average Bonchev–Trinajstić information content (AvgIpc) is 3.13. The van der Waals surface area contributed by atoms with Crippen molar-refractivity contribution in [3.05, 3.63) is 18.3 Å². The number of pyridine rings is 1. The first-order valence-electron chi connectivity index (χ1n) is 11.1. The Bertz CT molecular complexity index is 1010. The molecule has 3 fully saturated rings. The van der Waals surface area contributed by atoms with Gasteiger partial charge in [0.05, 0.1) is 32.0 Å². The second-order valence-corrected chi connectivity index (χ2v) is 8.54. The molecule has 0 aromatic carbocycles. The topological polar surface area (TPSA) is 92.9 Å². The van der Waals surface area contributed by atoms with Crippen LogP contribution in [0.3, 0.4) is 0 Å². The fraction of sp³-hybridized carbons (Fsp3) is 0.571. The average molecular weight is 483 g/mol. The Labute approximate surface area is 193 Å². The predicted octanol–water partition coefficient (Wildman–Crippen LogP) is 1.74. The van der Waals surface area contributed by atoms with Crippen LogP contribution in [0.15, 0.2) is 18.3 Å². The summed E-state index contributed by atoms with van der Waals surface area (Å²) < 4.78 is 63.2. The maximum atomic E-state index is 13.9. The third-order valence-electron chi connectivity index (χ3n) is 6.31. The molecule has 0 radical (unpaired) electrons. The van der Waals surface area contributed by atoms with E-state index in [-0.39, 0.29) is 30.6 Å². The molecule has 5 heterocycles. The number of nitrogens with zero attached hydrogens (tertiary/aromatic N) is 6. The van der Waals surface area contributed by atoms with Crippen LogP contribution in [0.2, 0.25) is 0 Å². The summed E-state index contributed by atoms with van der Waals surface area (Å²) in [6.07, 6.45) is -1.87. The molecule has 0 amide bonds. The molecular weight excluding hydrogens is 458 g/mol. The van der Waals surface area contributed by atoms with Crippen LogP contribution in [0.4, 0.5) is 35.1 Å². The van der Waals surface area contributed by atoms with Gasteiger partial charge in [-0.15, -0.1) is 0 Å². The summed E-state index contributed by atoms with van der Waals surface area (Å²) in [5.41, 5.74) is 6.38. The van der Waals surface area contributed by atoms with Gasteiger partial charge in [-0.3, -0.25) is 4.90 Å². The second kappa shape index (κ2) is 9.37. The van der Waals surface area contributed by atoms with Gasteiger partial charge >= 0.3 is 6.61 Å². The molecule has 13 heteroatoms. The van der Waals surface area contributed by atoms with Crippen molar-refractivity contribution in [1.29, 1.82) is 0 Å². The molecule has 0 aliphatic carbocycles. The number of hydrogen-bond donors (Lipinski definition) is 1. The smallest absolute Gasteiger partial charge is 0.387 e. The van der Waals surface area contributed by atoms with Crippen LogP contribution >= 0.6 is 0 Å². The number of halogens is 4. The minimum atomic E-state index is -3.07. The zero-order valence-corrected chi connectivity index (χ0v) is 18.3. The molecule has 184 valence electrons. The molecule has 2 N–H and O–H groups in total. The summed E-state index contributed by atoms with van der Waals surface area (Å²) in [5, 5.41) is 0. The van der Waals surface area contributed by atoms with E-state index in [0.717, 1.165) is 26.2 Å². The zero-order valence-electron chi connectivity index (χ0n) is 18.3. The van der Waals surface area contributed by atoms with Gasteiger partial charge in [0.1, 0.15) is 5.82 Å². The van der Waals surface area contributed by atoms with Crippen LogP contribution in [-0.2, 0) is 4.74 Å². The molecule has 5 rings (SSSR count). The summed E-state index contributed by atoms with van der Waals surface area (Å²) in [7, 11) is 0. The van der Waals surface area contributed by atoms with E-state index >= 15 is 0 Å². The van der Waals surface area contributed by atoms with Crippen LogP contribution in [0.25, 0.3) is 11.3 Å². The van der Waals surface area contributed by atoms with E-state index < -0.39 is 19.0 Å². The van der Waals surface area contributed by atoms with Crippen LogP contribution in [-0.4, -0.2) is 97.3 Å². The van der Waals surface area contributed by atoms with Crippen molar-refractivity contribution in [3.63, 3.8) is 0 Å². The predicted molar refractivity (Wildman–Crippen MR) is 117 cm³/mol. The van der Waals surface area contributed by atoms with Gasteiger partial charge in [0.2, 0.25) is 5.95 Å². The van der Waals surface area contributed by atoms with Crippen LogP contribution in [0.5, 0.6) is 5.75 Å². The first-order chi connectivity index (χ1) is 16.4. The molecule has 2 unspecified atom stereocenters. The third-order valence-corrected chi connectivity index (χ3v) is 6.31. The van der Waals surface area contributed by atoms with E-state index in [2.05, 4.69) is 24.6 Å². The first kappa shape index (κ1) is 22.8. The second-order valence-electron chi connectivity index (χ2n) is 8.54. The summed E-state index contributed by atoms with van der Waals surface area (Å²) >= 11 is 0. The fourth-order valence-corrected chi connectivity index (χ4v) is 4.36. The highest BCUT2D eigenvalue weighted by Crippen LogP contribution is 2.33. The van der Waals surface area contributed by atoms with E-state index in [1.165, 1.54) is 17.2 Å². The normalized spacial score (nSPS) is 24.0. The quantitative estimate of drug-likeness (QED) is 0.617. The Morgan fingerprint density at radius 1 is 1.00 bits per heavy atom. The first-order valence-corrected chi connectivity index (χ1v) is 11.1. The third kappa shape index (κ3) is 4.67. The summed E-state index contributed by atoms with van der Waals surface area (Å²) in [4.78, 5) is 18.8. The van der Waals surface area contributed by atoms with Gasteiger partial charge in [0.15, 0.2) is 23.9 Å². The van der Waals surface area contributed by atoms with Gasteiger partial charge in [-0.2, -0.15) is 13.8 Å². The van der Waals surface area contributed by atoms with Crippen molar-refractivity contribution in [2.45, 2.75) is 25.0 Å². The number of aromatic nitrogens is 3. The lowest BCUT2D eigenvalue weighted by molar-refractivity contribution is -0.0494. The van der Waals surface area contributed by atoms with Crippen molar-refractivity contribution in [1.82, 2.24) is 19.9 Å². The van der Waals surface area contributed by atoms with E-state index in [1.807, 2.05) is 4.90 Å². The van der Waals surface area contributed by atoms with Crippen molar-refractivity contribution in [2.75, 3.05) is 68.0 Å². The number of ether oxygens (including phenoxy) is 2. The van der Waals surface area contributed by atoms with Crippen LogP contribution in [0, 0.1) is 0 Å². The number of rotatable bonds is 6. The zero-order chi connectivity index (χ0) is 23.8. The van der Waals surface area contributed by atoms with E-state index in [1.54, 1.807) is 6.07 Å². The molecular formula is C21H25F4N7O2. The molecule has 2 aromatic rings. The lowest BCUT2D eigenvalue weighted by Crippen LogP contribution is -2.61. The highest BCUT2D eigenvalue weighted by Gasteiger charge is 2.37. The van der Waals surface area contributed by atoms with E-state index in [4.69, 9.17) is 10.5 Å². The van der Waals surface area contributed by atoms with Crippen molar-refractivity contribution < 1.29 is 27.0 Å². The monoisotopic (exact) mass is 483 g/mol. The number of morpholine rings is 1. The molecule has 2 aromatic heterocycles. The van der Waals surface area contributed by atoms with Gasteiger partial charge in [-0.05, 0) is 6.07 Å². The van der Waals surface area contributed by atoms with Gasteiger partial charge in [0.25, 0.3) is 0 Å². The van der Waals surface area contributed by atoms with Crippen molar-refractivity contribution >= 4 is 17.6 Å².